The molecule has 1 aromatic heterocycles. The fourth-order valence-corrected chi connectivity index (χ4v) is 2.18. The Labute approximate surface area is 92.8 Å². The van der Waals surface area contributed by atoms with Crippen molar-refractivity contribution in [3.63, 3.8) is 0 Å². The molecule has 1 saturated carbocycles. The van der Waals surface area contributed by atoms with E-state index >= 15 is 0 Å². The molecule has 0 bridgehead atoms. The Morgan fingerprint density at radius 1 is 1.21 bits per heavy atom. The van der Waals surface area contributed by atoms with Gasteiger partial charge >= 0.3 is 0 Å². The molecule has 0 saturated heterocycles. The van der Waals surface area contributed by atoms with Gasteiger partial charge in [0.2, 0.25) is 0 Å². The van der Waals surface area contributed by atoms with Crippen LogP contribution in [0, 0.1) is 0 Å². The first-order valence-corrected chi connectivity index (χ1v) is 5.91. The van der Waals surface area contributed by atoms with E-state index in [1.54, 1.807) is 12.4 Å². The summed E-state index contributed by atoms with van der Waals surface area (Å²) in [5, 5.41) is 0. The van der Waals surface area contributed by atoms with E-state index in [1.807, 2.05) is 6.07 Å². The summed E-state index contributed by atoms with van der Waals surface area (Å²) in [6.07, 6.45) is 10.3. The number of rotatable bonds is 2. The topological polar surface area (TPSA) is 22.1 Å². The molecule has 1 fully saturated rings. The summed E-state index contributed by atoms with van der Waals surface area (Å²) in [6, 6.07) is 1.97. The van der Waals surface area contributed by atoms with Crippen molar-refractivity contribution in [3.05, 3.63) is 22.9 Å². The highest BCUT2D eigenvalue weighted by Crippen LogP contribution is 2.24. The molecule has 0 radical (unpaired) electrons. The highest BCUT2D eigenvalue weighted by atomic mass is 79.9. The maximum atomic E-state index is 5.84. The van der Waals surface area contributed by atoms with E-state index in [2.05, 4.69) is 20.9 Å². The molecule has 76 valence electrons. The summed E-state index contributed by atoms with van der Waals surface area (Å²) in [5.41, 5.74) is 0. The van der Waals surface area contributed by atoms with Crippen molar-refractivity contribution < 1.29 is 4.74 Å². The van der Waals surface area contributed by atoms with Crippen molar-refractivity contribution in [2.24, 2.45) is 0 Å². The lowest BCUT2D eigenvalue weighted by atomic mass is 9.98. The summed E-state index contributed by atoms with van der Waals surface area (Å²) < 4.78 is 6.82. The molecule has 1 aliphatic carbocycles. The first kappa shape index (κ1) is 9.97. The molecule has 0 spiro atoms. The highest BCUT2D eigenvalue weighted by Gasteiger charge is 2.14. The van der Waals surface area contributed by atoms with Crippen LogP contribution in [-0.4, -0.2) is 11.1 Å². The van der Waals surface area contributed by atoms with E-state index < -0.39 is 0 Å². The number of halogens is 1. The Balaban J connectivity index is 1.95. The molecule has 1 aliphatic rings. The molecule has 0 amide bonds. The van der Waals surface area contributed by atoms with Gasteiger partial charge in [0.15, 0.2) is 0 Å². The predicted octanol–water partition coefficient (Wildman–Crippen LogP) is 3.56. The number of pyridine rings is 1. The van der Waals surface area contributed by atoms with Gasteiger partial charge in [-0.1, -0.05) is 6.42 Å². The quantitative estimate of drug-likeness (QED) is 0.807. The second-order valence-electron chi connectivity index (χ2n) is 3.72. The second kappa shape index (κ2) is 4.78. The van der Waals surface area contributed by atoms with Crippen molar-refractivity contribution in [1.82, 2.24) is 4.98 Å². The van der Waals surface area contributed by atoms with Crippen LogP contribution >= 0.6 is 15.9 Å². The average Bonchev–Trinajstić information content (AvgIpc) is 2.19. The third-order valence-electron chi connectivity index (χ3n) is 2.53. The monoisotopic (exact) mass is 255 g/mol. The third-order valence-corrected chi connectivity index (χ3v) is 2.97. The van der Waals surface area contributed by atoms with Gasteiger partial charge in [-0.25, -0.2) is 0 Å². The van der Waals surface area contributed by atoms with Gasteiger partial charge in [0, 0.05) is 10.7 Å². The molecule has 2 nitrogen and oxygen atoms in total. The van der Waals surface area contributed by atoms with Gasteiger partial charge in [-0.15, -0.1) is 0 Å². The molecule has 2 rings (SSSR count). The van der Waals surface area contributed by atoms with Gasteiger partial charge in [-0.2, -0.15) is 0 Å². The SMILES string of the molecule is Brc1cncc(OC2CCCCC2)c1. The van der Waals surface area contributed by atoms with E-state index in [0.717, 1.165) is 10.2 Å². The normalized spacial score (nSPS) is 18.1. The predicted molar refractivity (Wildman–Crippen MR) is 59.4 cm³/mol. The van der Waals surface area contributed by atoms with E-state index in [9.17, 15) is 0 Å². The van der Waals surface area contributed by atoms with Crippen LogP contribution in [0.1, 0.15) is 32.1 Å². The van der Waals surface area contributed by atoms with Crippen LogP contribution < -0.4 is 4.74 Å². The van der Waals surface area contributed by atoms with Crippen LogP contribution in [0.3, 0.4) is 0 Å². The minimum Gasteiger partial charge on any atom is -0.489 e. The largest absolute Gasteiger partial charge is 0.489 e. The van der Waals surface area contributed by atoms with Gasteiger partial charge in [-0.05, 0) is 47.7 Å². The molecule has 0 atom stereocenters. The summed E-state index contributed by atoms with van der Waals surface area (Å²) >= 11 is 3.38. The minimum atomic E-state index is 0.403. The molecular weight excluding hydrogens is 242 g/mol. The number of hydrogen-bond donors (Lipinski definition) is 0. The van der Waals surface area contributed by atoms with E-state index in [0.29, 0.717) is 6.10 Å². The molecule has 0 aromatic carbocycles. The van der Waals surface area contributed by atoms with Gasteiger partial charge in [-0.3, -0.25) is 4.98 Å². The Morgan fingerprint density at radius 2 is 2.00 bits per heavy atom. The van der Waals surface area contributed by atoms with Crippen molar-refractivity contribution >= 4 is 15.9 Å². The maximum absolute atomic E-state index is 5.84. The van der Waals surface area contributed by atoms with Crippen molar-refractivity contribution in [2.45, 2.75) is 38.2 Å². The average molecular weight is 256 g/mol. The zero-order valence-corrected chi connectivity index (χ0v) is 9.66. The first-order chi connectivity index (χ1) is 6.84. The molecule has 0 N–H and O–H groups in total. The van der Waals surface area contributed by atoms with Crippen molar-refractivity contribution in [2.75, 3.05) is 0 Å². The lowest BCUT2D eigenvalue weighted by Crippen LogP contribution is -2.19. The number of hydrogen-bond acceptors (Lipinski definition) is 2. The standard InChI is InChI=1S/C11H14BrNO/c12-9-6-11(8-13-7-9)14-10-4-2-1-3-5-10/h6-8,10H,1-5H2. The second-order valence-corrected chi connectivity index (χ2v) is 4.63. The van der Waals surface area contributed by atoms with Gasteiger partial charge < -0.3 is 4.74 Å². The minimum absolute atomic E-state index is 0.403. The fraction of sp³-hybridized carbons (Fsp3) is 0.545. The first-order valence-electron chi connectivity index (χ1n) is 5.12. The molecule has 0 aliphatic heterocycles. The fourth-order valence-electron chi connectivity index (χ4n) is 1.83. The Morgan fingerprint density at radius 3 is 2.71 bits per heavy atom. The molecule has 3 heteroatoms. The zero-order chi connectivity index (χ0) is 9.80. The third kappa shape index (κ3) is 2.71. The van der Waals surface area contributed by atoms with Crippen LogP contribution in [0.5, 0.6) is 5.75 Å². The Bertz CT molecular complexity index is 297. The van der Waals surface area contributed by atoms with Crippen LogP contribution in [0.4, 0.5) is 0 Å². The van der Waals surface area contributed by atoms with Crippen LogP contribution in [-0.2, 0) is 0 Å². The molecule has 1 aromatic rings. The maximum Gasteiger partial charge on any atom is 0.139 e. The Kier molecular flexibility index (Phi) is 3.40. The molecule has 0 unspecified atom stereocenters. The number of nitrogens with zero attached hydrogens (tertiary/aromatic N) is 1. The van der Waals surface area contributed by atoms with Crippen LogP contribution in [0.25, 0.3) is 0 Å². The summed E-state index contributed by atoms with van der Waals surface area (Å²) in [4.78, 5) is 4.08. The molecule has 14 heavy (non-hydrogen) atoms. The van der Waals surface area contributed by atoms with Gasteiger partial charge in [0.05, 0.1) is 12.3 Å². The van der Waals surface area contributed by atoms with E-state index in [4.69, 9.17) is 4.74 Å². The summed E-state index contributed by atoms with van der Waals surface area (Å²) in [7, 11) is 0. The van der Waals surface area contributed by atoms with E-state index in [-0.39, 0.29) is 0 Å². The summed E-state index contributed by atoms with van der Waals surface area (Å²) in [5.74, 6) is 0.881. The molecule has 1 heterocycles. The van der Waals surface area contributed by atoms with Crippen molar-refractivity contribution in [3.8, 4) is 5.75 Å². The van der Waals surface area contributed by atoms with Crippen LogP contribution in [0.15, 0.2) is 22.9 Å². The van der Waals surface area contributed by atoms with Gasteiger partial charge in [0.1, 0.15) is 5.75 Å². The number of aromatic nitrogens is 1. The van der Waals surface area contributed by atoms with Gasteiger partial charge in [0.25, 0.3) is 0 Å². The zero-order valence-electron chi connectivity index (χ0n) is 8.08. The highest BCUT2D eigenvalue weighted by molar-refractivity contribution is 9.10. The lowest BCUT2D eigenvalue weighted by molar-refractivity contribution is 0.154. The Hall–Kier alpha value is -0.570. The number of ether oxygens (including phenoxy) is 1. The molecular formula is C11H14BrNO. The van der Waals surface area contributed by atoms with Crippen LogP contribution in [0.2, 0.25) is 0 Å². The van der Waals surface area contributed by atoms with Crippen molar-refractivity contribution in [1.29, 1.82) is 0 Å². The summed E-state index contributed by atoms with van der Waals surface area (Å²) in [6.45, 7) is 0. The van der Waals surface area contributed by atoms with E-state index in [1.165, 1.54) is 32.1 Å². The smallest absolute Gasteiger partial charge is 0.139 e. The lowest BCUT2D eigenvalue weighted by Gasteiger charge is -2.22.